The Balaban J connectivity index is 1.44. The fourth-order valence-electron chi connectivity index (χ4n) is 5.39. The lowest BCUT2D eigenvalue weighted by Gasteiger charge is -2.34. The lowest BCUT2D eigenvalue weighted by Crippen LogP contribution is -2.50. The second kappa shape index (κ2) is 12.9. The molecule has 0 bridgehead atoms. The third-order valence-electron chi connectivity index (χ3n) is 7.66. The summed E-state index contributed by atoms with van der Waals surface area (Å²) in [6.45, 7) is 1.20. The minimum Gasteiger partial charge on any atom is -0.459 e. The lowest BCUT2D eigenvalue weighted by molar-refractivity contribution is -0.108. The number of anilines is 2. The van der Waals surface area contributed by atoms with Crippen LogP contribution in [-0.4, -0.2) is 68.9 Å². The van der Waals surface area contributed by atoms with Crippen molar-refractivity contribution in [3.05, 3.63) is 114 Å². The summed E-state index contributed by atoms with van der Waals surface area (Å²) in [4.78, 5) is 53.1. The van der Waals surface area contributed by atoms with Crippen LogP contribution in [0.25, 0.3) is 11.2 Å². The Bertz CT molecular complexity index is 1900. The van der Waals surface area contributed by atoms with Crippen molar-refractivity contribution in [2.45, 2.75) is 31.0 Å². The molecular weight excluding hydrogens is 606 g/mol. The molecule has 2 aromatic heterocycles. The van der Waals surface area contributed by atoms with Crippen LogP contribution >= 0.6 is 0 Å². The first-order valence-electron chi connectivity index (χ1n) is 14.6. The molecule has 0 radical (unpaired) electrons. The summed E-state index contributed by atoms with van der Waals surface area (Å²) in [5.74, 6) is 4.07. The molecule has 47 heavy (non-hydrogen) atoms. The number of rotatable bonds is 9. The number of aromatic nitrogens is 4. The zero-order chi connectivity index (χ0) is 33.1. The van der Waals surface area contributed by atoms with Crippen LogP contribution in [0, 0.1) is 0 Å². The standard InChI is InChI=1S/C33H31N7O7/c1-33(47-30(43)22-16-10-5-11-17-22)25(46-29(42)21-14-8-4-9-15-21)23(18-44-28(41)20-12-6-3-7-13-20)45-31(33)40-19-36-24-26(39(2)35)37-32(34)38-27(24)40/h3-17,19,23,25,31H,18,35H2,1-2H3,(H2,34,37,38)/t23-,25-,31-,33-/m1/s1. The van der Waals surface area contributed by atoms with Gasteiger partial charge in [-0.05, 0) is 43.3 Å². The molecule has 6 rings (SSSR count). The number of nitrogens with two attached hydrogens (primary N) is 2. The van der Waals surface area contributed by atoms with Gasteiger partial charge in [-0.15, -0.1) is 0 Å². The van der Waals surface area contributed by atoms with Gasteiger partial charge in [0.15, 0.2) is 34.9 Å². The third-order valence-corrected chi connectivity index (χ3v) is 7.66. The smallest absolute Gasteiger partial charge is 0.338 e. The number of carbonyl (C=O) groups excluding carboxylic acids is 3. The number of hydrazine groups is 1. The average Bonchev–Trinajstić information content (AvgIpc) is 3.61. The molecule has 0 unspecified atom stereocenters. The monoisotopic (exact) mass is 637 g/mol. The molecule has 5 aromatic rings. The highest BCUT2D eigenvalue weighted by atomic mass is 16.7. The second-order valence-corrected chi connectivity index (χ2v) is 11.0. The van der Waals surface area contributed by atoms with Crippen LogP contribution in [0.15, 0.2) is 97.3 Å². The predicted molar refractivity (Wildman–Crippen MR) is 169 cm³/mol. The molecule has 0 spiro atoms. The van der Waals surface area contributed by atoms with Gasteiger partial charge in [0.1, 0.15) is 12.7 Å². The number of nitrogen functional groups attached to an aromatic ring is 1. The van der Waals surface area contributed by atoms with Gasteiger partial charge in [-0.25, -0.2) is 25.2 Å². The Morgan fingerprint density at radius 1 is 0.872 bits per heavy atom. The number of benzene rings is 3. The highest BCUT2D eigenvalue weighted by Gasteiger charge is 2.61. The maximum absolute atomic E-state index is 13.6. The van der Waals surface area contributed by atoms with E-state index in [0.29, 0.717) is 5.56 Å². The van der Waals surface area contributed by atoms with Crippen molar-refractivity contribution < 1.29 is 33.3 Å². The van der Waals surface area contributed by atoms with E-state index in [2.05, 4.69) is 15.0 Å². The zero-order valence-electron chi connectivity index (χ0n) is 25.4. The molecule has 14 heteroatoms. The van der Waals surface area contributed by atoms with E-state index in [1.165, 1.54) is 15.9 Å². The molecule has 0 aliphatic carbocycles. The molecule has 1 aliphatic heterocycles. The minimum atomic E-state index is -1.75. The van der Waals surface area contributed by atoms with Gasteiger partial charge in [-0.2, -0.15) is 9.97 Å². The Hall–Kier alpha value is -5.86. The van der Waals surface area contributed by atoms with E-state index in [4.69, 9.17) is 30.5 Å². The highest BCUT2D eigenvalue weighted by molar-refractivity contribution is 5.91. The number of esters is 3. The van der Waals surface area contributed by atoms with Crippen molar-refractivity contribution in [2.24, 2.45) is 5.84 Å². The Morgan fingerprint density at radius 3 is 2.00 bits per heavy atom. The Morgan fingerprint density at radius 2 is 1.43 bits per heavy atom. The molecule has 1 saturated heterocycles. The van der Waals surface area contributed by atoms with Crippen LogP contribution in [-0.2, 0) is 18.9 Å². The summed E-state index contributed by atoms with van der Waals surface area (Å²) in [5.41, 5.74) is 5.57. The molecule has 1 aliphatic rings. The number of carbonyl (C=O) groups is 3. The summed E-state index contributed by atoms with van der Waals surface area (Å²) in [5, 5.41) is 1.23. The van der Waals surface area contributed by atoms with E-state index >= 15 is 0 Å². The van der Waals surface area contributed by atoms with Gasteiger partial charge in [-0.3, -0.25) is 9.58 Å². The van der Waals surface area contributed by atoms with Crippen LogP contribution in [0.5, 0.6) is 0 Å². The van der Waals surface area contributed by atoms with Crippen molar-refractivity contribution >= 4 is 40.8 Å². The van der Waals surface area contributed by atoms with Crippen LogP contribution < -0.4 is 16.6 Å². The molecule has 1 fully saturated rings. The zero-order valence-corrected chi connectivity index (χ0v) is 25.4. The molecule has 0 amide bonds. The van der Waals surface area contributed by atoms with Gasteiger partial charge in [-0.1, -0.05) is 54.6 Å². The average molecular weight is 638 g/mol. The van der Waals surface area contributed by atoms with E-state index in [-0.39, 0.29) is 40.7 Å². The van der Waals surface area contributed by atoms with E-state index in [1.807, 2.05) is 0 Å². The fraction of sp³-hybridized carbons (Fsp3) is 0.212. The number of hydrogen-bond donors (Lipinski definition) is 2. The van der Waals surface area contributed by atoms with E-state index in [9.17, 15) is 14.4 Å². The van der Waals surface area contributed by atoms with Crippen LogP contribution in [0.3, 0.4) is 0 Å². The van der Waals surface area contributed by atoms with Gasteiger partial charge >= 0.3 is 17.9 Å². The maximum Gasteiger partial charge on any atom is 0.338 e. The molecule has 4 N–H and O–H groups in total. The molecule has 3 aromatic carbocycles. The topological polar surface area (TPSA) is 187 Å². The number of ether oxygens (including phenoxy) is 4. The van der Waals surface area contributed by atoms with Crippen molar-refractivity contribution in [2.75, 3.05) is 24.4 Å². The molecule has 3 heterocycles. The summed E-state index contributed by atoms with van der Waals surface area (Å²) in [6, 6.07) is 25.0. The lowest BCUT2D eigenvalue weighted by atomic mass is 9.95. The maximum atomic E-state index is 13.6. The molecular formula is C33H31N7O7. The normalized spacial score (nSPS) is 20.4. The quantitative estimate of drug-likeness (QED) is 0.104. The molecule has 0 saturated carbocycles. The van der Waals surface area contributed by atoms with Gasteiger partial charge in [0.05, 0.1) is 23.0 Å². The van der Waals surface area contributed by atoms with Crippen molar-refractivity contribution in [1.82, 2.24) is 19.5 Å². The second-order valence-electron chi connectivity index (χ2n) is 11.0. The first-order chi connectivity index (χ1) is 22.7. The van der Waals surface area contributed by atoms with E-state index < -0.39 is 41.9 Å². The fourth-order valence-corrected chi connectivity index (χ4v) is 5.39. The van der Waals surface area contributed by atoms with Crippen molar-refractivity contribution in [3.8, 4) is 0 Å². The molecule has 240 valence electrons. The third kappa shape index (κ3) is 6.19. The number of imidazole rings is 1. The van der Waals surface area contributed by atoms with Gasteiger partial charge in [0.2, 0.25) is 5.95 Å². The summed E-state index contributed by atoms with van der Waals surface area (Å²) >= 11 is 0. The molecule has 4 atom stereocenters. The number of fused-ring (bicyclic) bond motifs is 1. The first kappa shape index (κ1) is 31.1. The van der Waals surface area contributed by atoms with E-state index in [1.54, 1.807) is 105 Å². The summed E-state index contributed by atoms with van der Waals surface area (Å²) in [7, 11) is 1.56. The first-order valence-corrected chi connectivity index (χ1v) is 14.6. The summed E-state index contributed by atoms with van der Waals surface area (Å²) < 4.78 is 25.9. The number of nitrogens with zero attached hydrogens (tertiary/aromatic N) is 5. The predicted octanol–water partition coefficient (Wildman–Crippen LogP) is 3.31. The van der Waals surface area contributed by atoms with Crippen molar-refractivity contribution in [1.29, 1.82) is 0 Å². The van der Waals surface area contributed by atoms with E-state index in [0.717, 1.165) is 0 Å². The summed E-state index contributed by atoms with van der Waals surface area (Å²) in [6.07, 6.45) is -2.24. The number of hydrogen-bond acceptors (Lipinski definition) is 13. The largest absolute Gasteiger partial charge is 0.459 e. The van der Waals surface area contributed by atoms with Crippen LogP contribution in [0.2, 0.25) is 0 Å². The Labute approximate surface area is 268 Å². The van der Waals surface area contributed by atoms with Crippen LogP contribution in [0.4, 0.5) is 11.8 Å². The van der Waals surface area contributed by atoms with Crippen molar-refractivity contribution in [3.63, 3.8) is 0 Å². The molecule has 14 nitrogen and oxygen atoms in total. The highest BCUT2D eigenvalue weighted by Crippen LogP contribution is 2.45. The minimum absolute atomic E-state index is 0.104. The SMILES string of the molecule is CN(N)c1nc(N)nc2c1ncn2[C@@H]1O[C@H](COC(=O)c2ccccc2)[C@@H](OC(=O)c2ccccc2)[C@@]1(C)OC(=O)c1ccccc1. The van der Waals surface area contributed by atoms with Gasteiger partial charge < -0.3 is 24.7 Å². The van der Waals surface area contributed by atoms with Gasteiger partial charge in [0, 0.05) is 7.05 Å². The Kier molecular flexibility index (Phi) is 8.52. The van der Waals surface area contributed by atoms with Gasteiger partial charge in [0.25, 0.3) is 0 Å². The van der Waals surface area contributed by atoms with Crippen LogP contribution in [0.1, 0.15) is 44.2 Å².